The monoisotopic (exact) mass is 255 g/mol. The normalized spacial score (nSPS) is 10.2. The first kappa shape index (κ1) is 13.3. The lowest BCUT2D eigenvalue weighted by atomic mass is 10.0. The fraction of sp³-hybridized carbons (Fsp3) is 0.250. The zero-order valence-corrected chi connectivity index (χ0v) is 11.2. The molecule has 0 aliphatic heterocycles. The molecular formula is C16H17NO2. The Morgan fingerprint density at radius 3 is 2.58 bits per heavy atom. The number of carbonyl (C=O) groups is 1. The van der Waals surface area contributed by atoms with E-state index < -0.39 is 0 Å². The van der Waals surface area contributed by atoms with Gasteiger partial charge in [-0.05, 0) is 23.6 Å². The summed E-state index contributed by atoms with van der Waals surface area (Å²) in [6.45, 7) is 2.03. The molecule has 0 aliphatic rings. The highest BCUT2D eigenvalue weighted by molar-refractivity contribution is 5.83. The SMILES string of the molecule is COc1ccc(CC(=O)Cc2ccccc2C)cn1. The van der Waals surface area contributed by atoms with Gasteiger partial charge in [0.25, 0.3) is 0 Å². The van der Waals surface area contributed by atoms with Crippen LogP contribution in [0.15, 0.2) is 42.6 Å². The van der Waals surface area contributed by atoms with Crippen molar-refractivity contribution >= 4 is 5.78 Å². The number of nitrogens with zero attached hydrogens (tertiary/aromatic N) is 1. The topological polar surface area (TPSA) is 39.2 Å². The number of rotatable bonds is 5. The molecule has 0 atom stereocenters. The van der Waals surface area contributed by atoms with E-state index in [0.717, 1.165) is 16.7 Å². The zero-order valence-electron chi connectivity index (χ0n) is 11.2. The summed E-state index contributed by atoms with van der Waals surface area (Å²) in [5.41, 5.74) is 3.16. The van der Waals surface area contributed by atoms with Crippen LogP contribution < -0.4 is 4.74 Å². The van der Waals surface area contributed by atoms with E-state index in [1.165, 1.54) is 0 Å². The fourth-order valence-corrected chi connectivity index (χ4v) is 1.95. The molecule has 0 aliphatic carbocycles. The fourth-order valence-electron chi connectivity index (χ4n) is 1.95. The Kier molecular flexibility index (Phi) is 4.29. The van der Waals surface area contributed by atoms with Crippen LogP contribution in [0.5, 0.6) is 5.88 Å². The lowest BCUT2D eigenvalue weighted by Crippen LogP contribution is -2.07. The maximum atomic E-state index is 12.0. The van der Waals surface area contributed by atoms with Crippen molar-refractivity contribution in [3.05, 3.63) is 59.3 Å². The molecule has 2 aromatic rings. The molecule has 19 heavy (non-hydrogen) atoms. The van der Waals surface area contributed by atoms with E-state index in [1.54, 1.807) is 19.4 Å². The molecule has 2 rings (SSSR count). The van der Waals surface area contributed by atoms with Crippen molar-refractivity contribution in [3.63, 3.8) is 0 Å². The number of Topliss-reactive ketones (excluding diaryl/α,β-unsaturated/α-hetero) is 1. The highest BCUT2D eigenvalue weighted by atomic mass is 16.5. The van der Waals surface area contributed by atoms with Crippen molar-refractivity contribution < 1.29 is 9.53 Å². The molecule has 3 heteroatoms. The summed E-state index contributed by atoms with van der Waals surface area (Å²) < 4.78 is 4.99. The minimum atomic E-state index is 0.196. The van der Waals surface area contributed by atoms with Crippen molar-refractivity contribution in [2.24, 2.45) is 0 Å². The number of methoxy groups -OCH3 is 1. The number of ether oxygens (including phenoxy) is 1. The van der Waals surface area contributed by atoms with Crippen LogP contribution in [-0.4, -0.2) is 17.9 Å². The van der Waals surface area contributed by atoms with Gasteiger partial charge in [-0.3, -0.25) is 4.79 Å². The van der Waals surface area contributed by atoms with Gasteiger partial charge in [0.2, 0.25) is 5.88 Å². The summed E-state index contributed by atoms with van der Waals surface area (Å²) in [6.07, 6.45) is 2.57. The number of carbonyl (C=O) groups excluding carboxylic acids is 1. The lowest BCUT2D eigenvalue weighted by molar-refractivity contribution is -0.117. The predicted molar refractivity (Wildman–Crippen MR) is 74.4 cm³/mol. The molecule has 0 radical (unpaired) electrons. The Morgan fingerprint density at radius 2 is 1.95 bits per heavy atom. The van der Waals surface area contributed by atoms with Gasteiger partial charge in [0.15, 0.2) is 0 Å². The number of aryl methyl sites for hydroxylation is 1. The summed E-state index contributed by atoms with van der Waals surface area (Å²) in [7, 11) is 1.57. The average Bonchev–Trinajstić information content (AvgIpc) is 2.42. The molecule has 0 amide bonds. The van der Waals surface area contributed by atoms with Gasteiger partial charge < -0.3 is 4.74 Å². The van der Waals surface area contributed by atoms with E-state index in [-0.39, 0.29) is 5.78 Å². The Bertz CT molecular complexity index is 561. The van der Waals surface area contributed by atoms with E-state index in [1.807, 2.05) is 37.3 Å². The molecule has 0 unspecified atom stereocenters. The molecule has 0 saturated heterocycles. The second kappa shape index (κ2) is 6.14. The Labute approximate surface area is 113 Å². The van der Waals surface area contributed by atoms with Gasteiger partial charge >= 0.3 is 0 Å². The van der Waals surface area contributed by atoms with Crippen molar-refractivity contribution in [2.75, 3.05) is 7.11 Å². The van der Waals surface area contributed by atoms with Crippen molar-refractivity contribution in [3.8, 4) is 5.88 Å². The Balaban J connectivity index is 1.99. The second-order valence-electron chi connectivity index (χ2n) is 4.53. The van der Waals surface area contributed by atoms with Gasteiger partial charge in [-0.1, -0.05) is 30.3 Å². The molecule has 0 bridgehead atoms. The summed E-state index contributed by atoms with van der Waals surface area (Å²) in [6, 6.07) is 11.6. The standard InChI is InChI=1S/C16H17NO2/c1-12-5-3-4-6-14(12)10-15(18)9-13-7-8-16(19-2)17-11-13/h3-8,11H,9-10H2,1-2H3. The smallest absolute Gasteiger partial charge is 0.212 e. The molecule has 1 aromatic heterocycles. The van der Waals surface area contributed by atoms with Crippen LogP contribution in [0.3, 0.4) is 0 Å². The minimum absolute atomic E-state index is 0.196. The van der Waals surface area contributed by atoms with E-state index in [9.17, 15) is 4.79 Å². The van der Waals surface area contributed by atoms with Crippen LogP contribution in [-0.2, 0) is 17.6 Å². The van der Waals surface area contributed by atoms with E-state index >= 15 is 0 Å². The molecule has 3 nitrogen and oxygen atoms in total. The Hall–Kier alpha value is -2.16. The highest BCUT2D eigenvalue weighted by Gasteiger charge is 2.07. The van der Waals surface area contributed by atoms with Gasteiger partial charge in [-0.2, -0.15) is 0 Å². The quantitative estimate of drug-likeness (QED) is 0.824. The van der Waals surface area contributed by atoms with Crippen LogP contribution in [0.1, 0.15) is 16.7 Å². The third-order valence-electron chi connectivity index (χ3n) is 3.06. The predicted octanol–water partition coefficient (Wildman–Crippen LogP) is 2.75. The summed E-state index contributed by atoms with van der Waals surface area (Å²) in [4.78, 5) is 16.1. The average molecular weight is 255 g/mol. The van der Waals surface area contributed by atoms with Gasteiger partial charge in [0.05, 0.1) is 7.11 Å². The maximum Gasteiger partial charge on any atom is 0.212 e. The molecular weight excluding hydrogens is 238 g/mol. The van der Waals surface area contributed by atoms with Gasteiger partial charge in [0.1, 0.15) is 5.78 Å². The van der Waals surface area contributed by atoms with Crippen LogP contribution >= 0.6 is 0 Å². The minimum Gasteiger partial charge on any atom is -0.481 e. The van der Waals surface area contributed by atoms with E-state index in [0.29, 0.717) is 18.7 Å². The number of benzene rings is 1. The number of aromatic nitrogens is 1. The number of pyridine rings is 1. The summed E-state index contributed by atoms with van der Waals surface area (Å²) in [5, 5.41) is 0. The van der Waals surface area contributed by atoms with Crippen molar-refractivity contribution in [1.82, 2.24) is 4.98 Å². The Morgan fingerprint density at radius 1 is 1.16 bits per heavy atom. The lowest BCUT2D eigenvalue weighted by Gasteiger charge is -2.05. The van der Waals surface area contributed by atoms with Crippen molar-refractivity contribution in [1.29, 1.82) is 0 Å². The van der Waals surface area contributed by atoms with E-state index in [4.69, 9.17) is 4.74 Å². The highest BCUT2D eigenvalue weighted by Crippen LogP contribution is 2.11. The first-order valence-electron chi connectivity index (χ1n) is 6.24. The summed E-state index contributed by atoms with van der Waals surface area (Å²) in [5.74, 6) is 0.761. The summed E-state index contributed by atoms with van der Waals surface area (Å²) >= 11 is 0. The number of ketones is 1. The van der Waals surface area contributed by atoms with Crippen LogP contribution in [0.25, 0.3) is 0 Å². The van der Waals surface area contributed by atoms with Gasteiger partial charge in [-0.25, -0.2) is 4.98 Å². The molecule has 0 fully saturated rings. The van der Waals surface area contributed by atoms with E-state index in [2.05, 4.69) is 4.98 Å². The molecule has 1 aromatic carbocycles. The first-order valence-corrected chi connectivity index (χ1v) is 6.24. The zero-order chi connectivity index (χ0) is 13.7. The third kappa shape index (κ3) is 3.65. The molecule has 98 valence electrons. The molecule has 1 heterocycles. The molecule has 0 N–H and O–H groups in total. The maximum absolute atomic E-state index is 12.0. The molecule has 0 spiro atoms. The second-order valence-corrected chi connectivity index (χ2v) is 4.53. The number of hydrogen-bond donors (Lipinski definition) is 0. The third-order valence-corrected chi connectivity index (χ3v) is 3.06. The van der Waals surface area contributed by atoms with Gasteiger partial charge in [-0.15, -0.1) is 0 Å². The van der Waals surface area contributed by atoms with Crippen LogP contribution in [0.4, 0.5) is 0 Å². The first-order chi connectivity index (χ1) is 9.19. The number of hydrogen-bond acceptors (Lipinski definition) is 3. The molecule has 0 saturated carbocycles. The largest absolute Gasteiger partial charge is 0.481 e. The van der Waals surface area contributed by atoms with Crippen LogP contribution in [0, 0.1) is 6.92 Å². The van der Waals surface area contributed by atoms with Crippen LogP contribution in [0.2, 0.25) is 0 Å². The van der Waals surface area contributed by atoms with Gasteiger partial charge in [0, 0.05) is 25.1 Å². The van der Waals surface area contributed by atoms with Crippen molar-refractivity contribution in [2.45, 2.75) is 19.8 Å².